The molecule has 0 aliphatic rings. The number of thiazole rings is 1. The number of amides is 3. The molecule has 1 atom stereocenters. The molecule has 5 aromatic carbocycles. The number of aromatic hydroxyl groups is 1. The number of methoxy groups -OCH3 is 1. The first kappa shape index (κ1) is 36.1. The quantitative estimate of drug-likeness (QED) is 0.0719. The van der Waals surface area contributed by atoms with E-state index in [1.54, 1.807) is 54.6 Å². The standard InChI is InChI=1S/C40H31BrN4O5S2/c1-50-35-23-31(46)20-17-28(35)21-33(43-37(47)27-11-6-3-7-12-27)38(48)42-30-13-8-14-32(22-30)52-36(26-9-4-2-5-10-26)39(49)45-40-44-34(24-51-40)25-15-18-29(41)19-16-25/h2-24,36,46H,1H3,(H,42,48)(H,43,47)(H,44,45,49)/b33-21+. The van der Waals surface area contributed by atoms with Crippen molar-refractivity contribution in [1.29, 1.82) is 0 Å². The van der Waals surface area contributed by atoms with E-state index < -0.39 is 17.1 Å². The fraction of sp³-hybridized carbons (Fsp3) is 0.0500. The van der Waals surface area contributed by atoms with Gasteiger partial charge in [-0.3, -0.25) is 14.4 Å². The van der Waals surface area contributed by atoms with E-state index in [4.69, 9.17) is 4.74 Å². The van der Waals surface area contributed by atoms with E-state index in [0.29, 0.717) is 27.7 Å². The number of hydrogen-bond donors (Lipinski definition) is 4. The number of phenolic OH excluding ortho intramolecular Hbond substituents is 1. The Kier molecular flexibility index (Phi) is 11.8. The highest BCUT2D eigenvalue weighted by atomic mass is 79.9. The number of nitrogens with one attached hydrogen (secondary N) is 3. The van der Waals surface area contributed by atoms with Crippen LogP contribution in [-0.4, -0.2) is 34.9 Å². The average Bonchev–Trinajstić information content (AvgIpc) is 3.63. The summed E-state index contributed by atoms with van der Waals surface area (Å²) in [6.07, 6.45) is 1.48. The first-order valence-electron chi connectivity index (χ1n) is 15.9. The fourth-order valence-electron chi connectivity index (χ4n) is 5.05. The van der Waals surface area contributed by atoms with Crippen LogP contribution in [0.3, 0.4) is 0 Å². The number of nitrogens with zero attached hydrogens (tertiary/aromatic N) is 1. The third kappa shape index (κ3) is 9.34. The molecular weight excluding hydrogens is 761 g/mol. The molecule has 6 rings (SSSR count). The summed E-state index contributed by atoms with van der Waals surface area (Å²) in [6, 6.07) is 37.3. The molecule has 0 spiro atoms. The summed E-state index contributed by atoms with van der Waals surface area (Å²) < 4.78 is 6.36. The summed E-state index contributed by atoms with van der Waals surface area (Å²) in [7, 11) is 1.44. The zero-order chi connectivity index (χ0) is 36.5. The van der Waals surface area contributed by atoms with E-state index in [1.807, 2.05) is 66.0 Å². The molecule has 1 unspecified atom stereocenters. The maximum atomic E-state index is 13.8. The molecule has 1 aromatic heterocycles. The SMILES string of the molecule is COc1cc(O)ccc1/C=C(/NC(=O)c1ccccc1)C(=O)Nc1cccc(SC(C(=O)Nc2nc(-c3ccc(Br)cc3)cs2)c2ccccc2)c1. The van der Waals surface area contributed by atoms with Gasteiger partial charge in [0, 0.05) is 43.2 Å². The first-order valence-corrected chi connectivity index (χ1v) is 18.4. The highest BCUT2D eigenvalue weighted by Crippen LogP contribution is 2.38. The van der Waals surface area contributed by atoms with Crippen molar-refractivity contribution in [3.63, 3.8) is 0 Å². The van der Waals surface area contributed by atoms with Gasteiger partial charge in [-0.25, -0.2) is 4.98 Å². The predicted molar refractivity (Wildman–Crippen MR) is 211 cm³/mol. The maximum Gasteiger partial charge on any atom is 0.272 e. The number of phenols is 1. The molecule has 0 aliphatic carbocycles. The highest BCUT2D eigenvalue weighted by molar-refractivity contribution is 9.10. The number of carbonyl (C=O) groups excluding carboxylic acids is 3. The summed E-state index contributed by atoms with van der Waals surface area (Å²) in [4.78, 5) is 46.1. The second-order valence-corrected chi connectivity index (χ2v) is 14.2. The normalized spacial score (nSPS) is 11.7. The maximum absolute atomic E-state index is 13.8. The zero-order valence-corrected chi connectivity index (χ0v) is 30.8. The Labute approximate surface area is 316 Å². The third-order valence-electron chi connectivity index (χ3n) is 7.61. The minimum Gasteiger partial charge on any atom is -0.508 e. The van der Waals surface area contributed by atoms with E-state index in [-0.39, 0.29) is 17.4 Å². The lowest BCUT2D eigenvalue weighted by Crippen LogP contribution is -2.30. The number of benzene rings is 5. The summed E-state index contributed by atoms with van der Waals surface area (Å²) >= 11 is 6.12. The molecule has 4 N–H and O–H groups in total. The predicted octanol–water partition coefficient (Wildman–Crippen LogP) is 9.17. The van der Waals surface area contributed by atoms with Gasteiger partial charge >= 0.3 is 0 Å². The molecule has 0 saturated carbocycles. The smallest absolute Gasteiger partial charge is 0.272 e. The molecule has 0 saturated heterocycles. The van der Waals surface area contributed by atoms with Gasteiger partial charge in [-0.2, -0.15) is 0 Å². The van der Waals surface area contributed by atoms with Gasteiger partial charge in [0.15, 0.2) is 5.13 Å². The van der Waals surface area contributed by atoms with Crippen molar-refractivity contribution in [2.45, 2.75) is 10.1 Å². The average molecular weight is 792 g/mol. The van der Waals surface area contributed by atoms with Crippen molar-refractivity contribution in [1.82, 2.24) is 10.3 Å². The molecule has 0 fully saturated rings. The van der Waals surface area contributed by atoms with Crippen molar-refractivity contribution in [3.05, 3.63) is 160 Å². The number of thioether (sulfide) groups is 1. The van der Waals surface area contributed by atoms with Crippen molar-refractivity contribution in [2.24, 2.45) is 0 Å². The van der Waals surface area contributed by atoms with E-state index in [0.717, 1.165) is 26.2 Å². The Hall–Kier alpha value is -5.69. The van der Waals surface area contributed by atoms with E-state index >= 15 is 0 Å². The van der Waals surface area contributed by atoms with Crippen LogP contribution < -0.4 is 20.7 Å². The van der Waals surface area contributed by atoms with Gasteiger partial charge in [-0.1, -0.05) is 82.7 Å². The molecule has 0 bridgehead atoms. The Bertz CT molecular complexity index is 2230. The van der Waals surface area contributed by atoms with Gasteiger partial charge in [-0.05, 0) is 66.2 Å². The van der Waals surface area contributed by atoms with Crippen molar-refractivity contribution in [3.8, 4) is 22.8 Å². The Morgan fingerprint density at radius 1 is 0.865 bits per heavy atom. The van der Waals surface area contributed by atoms with Crippen LogP contribution in [0.2, 0.25) is 0 Å². The molecular formula is C40H31BrN4O5S2. The lowest BCUT2D eigenvalue weighted by molar-refractivity contribution is -0.116. The number of carbonyl (C=O) groups is 3. The monoisotopic (exact) mass is 790 g/mol. The van der Waals surface area contributed by atoms with Crippen molar-refractivity contribution < 1.29 is 24.2 Å². The van der Waals surface area contributed by atoms with Gasteiger partial charge in [0.05, 0.1) is 12.8 Å². The summed E-state index contributed by atoms with van der Waals surface area (Å²) in [5.41, 5.74) is 3.71. The zero-order valence-electron chi connectivity index (χ0n) is 27.6. The number of rotatable bonds is 12. The number of hydrogen-bond acceptors (Lipinski definition) is 8. The Morgan fingerprint density at radius 2 is 1.60 bits per heavy atom. The highest BCUT2D eigenvalue weighted by Gasteiger charge is 2.24. The summed E-state index contributed by atoms with van der Waals surface area (Å²) in [6.45, 7) is 0. The van der Waals surface area contributed by atoms with Crippen LogP contribution in [0.15, 0.2) is 148 Å². The lowest BCUT2D eigenvalue weighted by atomic mass is 10.1. The van der Waals surface area contributed by atoms with Crippen LogP contribution in [0.5, 0.6) is 11.5 Å². The second kappa shape index (κ2) is 17.0. The Balaban J connectivity index is 1.23. The van der Waals surface area contributed by atoms with Crippen LogP contribution in [0.25, 0.3) is 17.3 Å². The Morgan fingerprint density at radius 3 is 2.33 bits per heavy atom. The van der Waals surface area contributed by atoms with Gasteiger partial charge < -0.3 is 25.8 Å². The molecule has 6 aromatic rings. The largest absolute Gasteiger partial charge is 0.508 e. The van der Waals surface area contributed by atoms with Crippen molar-refractivity contribution >= 4 is 73.6 Å². The number of anilines is 2. The molecule has 260 valence electrons. The minimum absolute atomic E-state index is 0.0118. The fourth-order valence-corrected chi connectivity index (χ4v) is 7.13. The number of halogens is 1. The topological polar surface area (TPSA) is 130 Å². The molecule has 52 heavy (non-hydrogen) atoms. The van der Waals surface area contributed by atoms with Crippen LogP contribution in [0.4, 0.5) is 10.8 Å². The molecule has 3 amide bonds. The third-order valence-corrected chi connectivity index (χ3v) is 10.1. The number of aromatic nitrogens is 1. The molecule has 0 radical (unpaired) electrons. The van der Waals surface area contributed by atoms with Crippen LogP contribution >= 0.6 is 39.0 Å². The molecule has 0 aliphatic heterocycles. The first-order chi connectivity index (χ1) is 25.2. The van der Waals surface area contributed by atoms with Gasteiger partial charge in [-0.15, -0.1) is 23.1 Å². The minimum atomic E-state index is -0.644. The summed E-state index contributed by atoms with van der Waals surface area (Å²) in [5.74, 6) is -1.03. The van der Waals surface area contributed by atoms with Crippen LogP contribution in [0, 0.1) is 0 Å². The molecule has 12 heteroatoms. The van der Waals surface area contributed by atoms with Crippen molar-refractivity contribution in [2.75, 3.05) is 17.7 Å². The molecule has 9 nitrogen and oxygen atoms in total. The molecule has 1 heterocycles. The van der Waals surface area contributed by atoms with E-state index in [9.17, 15) is 19.5 Å². The van der Waals surface area contributed by atoms with E-state index in [1.165, 1.54) is 48.4 Å². The van der Waals surface area contributed by atoms with Gasteiger partial charge in [0.2, 0.25) is 5.91 Å². The number of ether oxygens (including phenoxy) is 1. The summed E-state index contributed by atoms with van der Waals surface area (Å²) in [5, 5.41) is 20.3. The van der Waals surface area contributed by atoms with Crippen LogP contribution in [-0.2, 0) is 9.59 Å². The van der Waals surface area contributed by atoms with Gasteiger partial charge in [0.1, 0.15) is 22.4 Å². The van der Waals surface area contributed by atoms with Crippen LogP contribution in [0.1, 0.15) is 26.7 Å². The second-order valence-electron chi connectivity index (χ2n) is 11.2. The van der Waals surface area contributed by atoms with E-state index in [2.05, 4.69) is 36.9 Å². The lowest BCUT2D eigenvalue weighted by Gasteiger charge is -2.17. The van der Waals surface area contributed by atoms with Gasteiger partial charge in [0.25, 0.3) is 11.8 Å².